The average molecular weight is 353 g/mol. The first-order valence-electron chi connectivity index (χ1n) is 9.01. The van der Waals surface area contributed by atoms with Gasteiger partial charge in [-0.15, -0.1) is 0 Å². The van der Waals surface area contributed by atoms with E-state index in [0.717, 1.165) is 29.2 Å². The third kappa shape index (κ3) is 3.55. The topological polar surface area (TPSA) is 0 Å². The SMILES string of the molecule is CCCC[B-](c1cccc(F)c1)(c1cccc(F)c1)c1cccc(F)c1. The molecule has 3 rings (SSSR count). The van der Waals surface area contributed by atoms with Crippen molar-refractivity contribution < 1.29 is 13.2 Å². The van der Waals surface area contributed by atoms with E-state index in [0.29, 0.717) is 6.32 Å². The van der Waals surface area contributed by atoms with Gasteiger partial charge in [0, 0.05) is 0 Å². The maximum Gasteiger partial charge on any atom is 0.120 e. The molecule has 0 atom stereocenters. The van der Waals surface area contributed by atoms with Crippen molar-refractivity contribution in [2.45, 2.75) is 26.1 Å². The summed E-state index contributed by atoms with van der Waals surface area (Å²) in [5, 5.41) is 0. The van der Waals surface area contributed by atoms with Crippen molar-refractivity contribution >= 4 is 22.5 Å². The van der Waals surface area contributed by atoms with Gasteiger partial charge in [-0.05, 0) is 18.2 Å². The Labute approximate surface area is 152 Å². The Morgan fingerprint density at radius 1 is 0.654 bits per heavy atom. The Bertz CT molecular complexity index is 781. The Morgan fingerprint density at radius 2 is 1.04 bits per heavy atom. The summed E-state index contributed by atoms with van der Waals surface area (Å²) < 4.78 is 42.2. The van der Waals surface area contributed by atoms with Gasteiger partial charge in [0.1, 0.15) is 17.5 Å². The second kappa shape index (κ2) is 7.82. The van der Waals surface area contributed by atoms with Gasteiger partial charge < -0.3 is 0 Å². The smallest absolute Gasteiger partial charge is 0.120 e. The zero-order valence-corrected chi connectivity index (χ0v) is 14.8. The number of hydrogen-bond donors (Lipinski definition) is 0. The molecule has 0 aliphatic carbocycles. The molecule has 26 heavy (non-hydrogen) atoms. The largest absolute Gasteiger partial charge is 0.207 e. The number of hydrogen-bond acceptors (Lipinski definition) is 0. The van der Waals surface area contributed by atoms with E-state index in [-0.39, 0.29) is 17.5 Å². The molecule has 0 nitrogen and oxygen atoms in total. The second-order valence-electron chi connectivity index (χ2n) is 6.85. The highest BCUT2D eigenvalue weighted by Crippen LogP contribution is 2.18. The average Bonchev–Trinajstić information content (AvgIpc) is 2.63. The second-order valence-corrected chi connectivity index (χ2v) is 6.85. The predicted molar refractivity (Wildman–Crippen MR) is 104 cm³/mol. The van der Waals surface area contributed by atoms with Crippen LogP contribution in [0.2, 0.25) is 6.32 Å². The van der Waals surface area contributed by atoms with E-state index < -0.39 is 6.15 Å². The number of benzene rings is 3. The van der Waals surface area contributed by atoms with Crippen molar-refractivity contribution in [2.24, 2.45) is 0 Å². The van der Waals surface area contributed by atoms with Crippen LogP contribution in [0, 0.1) is 17.5 Å². The number of rotatable bonds is 6. The zero-order valence-electron chi connectivity index (χ0n) is 14.8. The first-order valence-corrected chi connectivity index (χ1v) is 9.01. The highest BCUT2D eigenvalue weighted by molar-refractivity contribution is 7.11. The standard InChI is InChI=1S/C22H21BF3/c1-2-3-13-23(17-7-4-10-20(24)14-17,18-8-5-11-21(25)15-18)19-9-6-12-22(26)16-19/h4-12,14-16H,2-3,13H2,1H3/q-1. The summed E-state index contributed by atoms with van der Waals surface area (Å²) in [4.78, 5) is 0. The molecule has 0 fully saturated rings. The molecule has 0 aromatic heterocycles. The maximum absolute atomic E-state index is 14.1. The van der Waals surface area contributed by atoms with Crippen LogP contribution in [0.15, 0.2) is 72.8 Å². The third-order valence-electron chi connectivity index (χ3n) is 5.24. The fourth-order valence-electron chi connectivity index (χ4n) is 4.03. The van der Waals surface area contributed by atoms with Gasteiger partial charge in [-0.1, -0.05) is 74.4 Å². The molecular weight excluding hydrogens is 332 g/mol. The van der Waals surface area contributed by atoms with Crippen molar-refractivity contribution in [3.63, 3.8) is 0 Å². The molecule has 0 spiro atoms. The molecule has 0 aliphatic rings. The molecule has 0 unspecified atom stereocenters. The number of halogens is 3. The van der Waals surface area contributed by atoms with Crippen LogP contribution in [-0.2, 0) is 0 Å². The van der Waals surface area contributed by atoms with E-state index in [1.807, 2.05) is 18.2 Å². The minimum absolute atomic E-state index is 0.349. The van der Waals surface area contributed by atoms with Crippen LogP contribution in [0.25, 0.3) is 0 Å². The number of unbranched alkanes of at least 4 members (excludes halogenated alkanes) is 1. The lowest BCUT2D eigenvalue weighted by atomic mass is 9.14. The van der Waals surface area contributed by atoms with Gasteiger partial charge >= 0.3 is 0 Å². The molecule has 0 radical (unpaired) electrons. The fourth-order valence-corrected chi connectivity index (χ4v) is 4.03. The summed E-state index contributed by atoms with van der Waals surface area (Å²) in [5.41, 5.74) is 2.28. The van der Waals surface area contributed by atoms with Gasteiger partial charge in [-0.2, -0.15) is 22.7 Å². The van der Waals surface area contributed by atoms with Gasteiger partial charge in [0.15, 0.2) is 0 Å². The van der Waals surface area contributed by atoms with Gasteiger partial charge in [-0.25, -0.2) is 13.2 Å². The highest BCUT2D eigenvalue weighted by atomic mass is 19.1. The van der Waals surface area contributed by atoms with E-state index >= 15 is 0 Å². The maximum atomic E-state index is 14.1. The van der Waals surface area contributed by atoms with E-state index in [1.165, 1.54) is 36.4 Å². The third-order valence-corrected chi connectivity index (χ3v) is 5.24. The van der Waals surface area contributed by atoms with Crippen LogP contribution >= 0.6 is 0 Å². The molecule has 0 N–H and O–H groups in total. The molecule has 0 amide bonds. The summed E-state index contributed by atoms with van der Waals surface area (Å²) in [6.45, 7) is 2.07. The normalized spacial score (nSPS) is 11.5. The summed E-state index contributed by atoms with van der Waals surface area (Å²) in [6, 6.07) is 19.2. The van der Waals surface area contributed by atoms with Crippen LogP contribution in [0.5, 0.6) is 0 Å². The first kappa shape index (κ1) is 18.3. The zero-order chi connectivity index (χ0) is 18.6. The van der Waals surface area contributed by atoms with Crippen LogP contribution in [0.1, 0.15) is 19.8 Å². The van der Waals surface area contributed by atoms with Crippen molar-refractivity contribution in [2.75, 3.05) is 0 Å². The Hall–Kier alpha value is -2.49. The lowest BCUT2D eigenvalue weighted by molar-refractivity contribution is 0.629. The minimum atomic E-state index is -1.69. The fraction of sp³-hybridized carbons (Fsp3) is 0.182. The molecule has 0 saturated heterocycles. The van der Waals surface area contributed by atoms with Crippen molar-refractivity contribution in [3.8, 4) is 0 Å². The minimum Gasteiger partial charge on any atom is -0.207 e. The summed E-state index contributed by atoms with van der Waals surface area (Å²) in [6.07, 6.45) is 0.795. The van der Waals surface area contributed by atoms with Crippen LogP contribution < -0.4 is 16.4 Å². The Balaban J connectivity index is 2.34. The predicted octanol–water partition coefficient (Wildman–Crippen LogP) is 4.37. The van der Waals surface area contributed by atoms with Crippen LogP contribution in [-0.4, -0.2) is 6.15 Å². The van der Waals surface area contributed by atoms with Gasteiger partial charge in [0.25, 0.3) is 0 Å². The molecule has 134 valence electrons. The molecule has 0 aliphatic heterocycles. The highest BCUT2D eigenvalue weighted by Gasteiger charge is 2.30. The molecule has 3 aromatic carbocycles. The van der Waals surface area contributed by atoms with E-state index in [9.17, 15) is 13.2 Å². The van der Waals surface area contributed by atoms with E-state index in [4.69, 9.17) is 0 Å². The molecular formula is C22H21BF3-. The van der Waals surface area contributed by atoms with E-state index in [2.05, 4.69) is 6.92 Å². The van der Waals surface area contributed by atoms with Crippen molar-refractivity contribution in [3.05, 3.63) is 90.2 Å². The first-order chi connectivity index (χ1) is 12.6. The summed E-state index contributed by atoms with van der Waals surface area (Å²) >= 11 is 0. The summed E-state index contributed by atoms with van der Waals surface area (Å²) in [7, 11) is 0. The molecule has 0 bridgehead atoms. The molecule has 4 heteroatoms. The Morgan fingerprint density at radius 3 is 1.35 bits per heavy atom. The Kier molecular flexibility index (Phi) is 5.50. The van der Waals surface area contributed by atoms with Crippen LogP contribution in [0.3, 0.4) is 0 Å². The molecule has 0 saturated carbocycles. The van der Waals surface area contributed by atoms with Crippen molar-refractivity contribution in [1.82, 2.24) is 0 Å². The van der Waals surface area contributed by atoms with Gasteiger partial charge in [0.2, 0.25) is 0 Å². The van der Waals surface area contributed by atoms with Gasteiger partial charge in [-0.3, -0.25) is 0 Å². The van der Waals surface area contributed by atoms with Crippen molar-refractivity contribution in [1.29, 1.82) is 0 Å². The monoisotopic (exact) mass is 353 g/mol. The van der Waals surface area contributed by atoms with Gasteiger partial charge in [0.05, 0.1) is 6.15 Å². The molecule has 0 heterocycles. The van der Waals surface area contributed by atoms with E-state index in [1.54, 1.807) is 18.2 Å². The quantitative estimate of drug-likeness (QED) is 0.577. The molecule has 3 aromatic rings. The van der Waals surface area contributed by atoms with Crippen LogP contribution in [0.4, 0.5) is 13.2 Å². The lowest BCUT2D eigenvalue weighted by Crippen LogP contribution is -2.67. The summed E-state index contributed by atoms with van der Waals surface area (Å²) in [5.74, 6) is -1.05. The lowest BCUT2D eigenvalue weighted by Gasteiger charge is -2.43.